The molecule has 2 rings (SSSR count). The molecule has 0 bridgehead atoms. The number of likely N-dealkylation sites (tertiary alicyclic amines) is 1. The molecule has 1 saturated heterocycles. The van der Waals surface area contributed by atoms with Crippen LogP contribution in [-0.4, -0.2) is 39.5 Å². The largest absolute Gasteiger partial charge is 0.480 e. The maximum atomic E-state index is 12.4. The Balaban J connectivity index is 2.19. The minimum absolute atomic E-state index is 0.0499. The van der Waals surface area contributed by atoms with Crippen molar-refractivity contribution in [2.24, 2.45) is 0 Å². The number of halogens is 3. The highest BCUT2D eigenvalue weighted by atomic mass is 19.4. The number of alkyl halides is 3. The Kier molecular flexibility index (Phi) is 3.65. The molecule has 1 amide bonds. The number of carbonyl (C=O) groups excluding carboxylic acids is 1. The van der Waals surface area contributed by atoms with Crippen LogP contribution in [0, 0.1) is 0 Å². The van der Waals surface area contributed by atoms with E-state index in [9.17, 15) is 22.8 Å². The van der Waals surface area contributed by atoms with Gasteiger partial charge >= 0.3 is 12.1 Å². The highest BCUT2D eigenvalue weighted by Crippen LogP contribution is 2.27. The van der Waals surface area contributed by atoms with E-state index < -0.39 is 29.8 Å². The molecule has 1 N–H and O–H groups in total. The van der Waals surface area contributed by atoms with Crippen molar-refractivity contribution in [3.63, 3.8) is 0 Å². The molecule has 2 heterocycles. The first-order chi connectivity index (χ1) is 9.30. The van der Waals surface area contributed by atoms with E-state index in [1.54, 1.807) is 0 Å². The second-order valence-corrected chi connectivity index (χ2v) is 4.42. The SMILES string of the molecule is O=C(O)C1CCCN1C(=O)c1ccc(C(F)(F)F)nc1. The van der Waals surface area contributed by atoms with Gasteiger partial charge in [-0.15, -0.1) is 0 Å². The minimum Gasteiger partial charge on any atom is -0.480 e. The minimum atomic E-state index is -4.57. The molecule has 1 aliphatic rings. The normalized spacial score (nSPS) is 19.1. The first-order valence-corrected chi connectivity index (χ1v) is 5.87. The van der Waals surface area contributed by atoms with Crippen molar-refractivity contribution >= 4 is 11.9 Å². The van der Waals surface area contributed by atoms with Gasteiger partial charge in [0.25, 0.3) is 5.91 Å². The summed E-state index contributed by atoms with van der Waals surface area (Å²) in [6.07, 6.45) is -2.85. The van der Waals surface area contributed by atoms with Crippen molar-refractivity contribution in [3.8, 4) is 0 Å². The predicted molar refractivity (Wildman–Crippen MR) is 60.9 cm³/mol. The summed E-state index contributed by atoms with van der Waals surface area (Å²) in [6, 6.07) is 0.791. The molecular weight excluding hydrogens is 277 g/mol. The summed E-state index contributed by atoms with van der Waals surface area (Å²) in [5, 5.41) is 8.97. The van der Waals surface area contributed by atoms with Gasteiger partial charge in [0, 0.05) is 12.7 Å². The highest BCUT2D eigenvalue weighted by Gasteiger charge is 2.35. The quantitative estimate of drug-likeness (QED) is 0.900. The maximum absolute atomic E-state index is 12.4. The van der Waals surface area contributed by atoms with E-state index in [-0.39, 0.29) is 12.1 Å². The Hall–Kier alpha value is -2.12. The van der Waals surface area contributed by atoms with Crippen molar-refractivity contribution < 1.29 is 27.9 Å². The molecule has 0 saturated carbocycles. The van der Waals surface area contributed by atoms with E-state index in [0.29, 0.717) is 18.9 Å². The van der Waals surface area contributed by atoms with Gasteiger partial charge in [0.15, 0.2) is 0 Å². The van der Waals surface area contributed by atoms with Gasteiger partial charge in [-0.1, -0.05) is 0 Å². The molecule has 1 fully saturated rings. The average molecular weight is 288 g/mol. The lowest BCUT2D eigenvalue weighted by Gasteiger charge is -2.21. The number of pyridine rings is 1. The summed E-state index contributed by atoms with van der Waals surface area (Å²) in [5.41, 5.74) is -1.14. The number of aliphatic carboxylic acids is 1. The molecule has 1 aromatic rings. The number of carboxylic acids is 1. The van der Waals surface area contributed by atoms with Crippen LogP contribution < -0.4 is 0 Å². The Morgan fingerprint density at radius 2 is 2.05 bits per heavy atom. The Bertz CT molecular complexity index is 528. The van der Waals surface area contributed by atoms with Crippen molar-refractivity contribution in [3.05, 3.63) is 29.6 Å². The Labute approximate surface area is 112 Å². The van der Waals surface area contributed by atoms with Crippen molar-refractivity contribution in [1.82, 2.24) is 9.88 Å². The molecule has 0 aromatic carbocycles. The Morgan fingerprint density at radius 3 is 2.55 bits per heavy atom. The fourth-order valence-electron chi connectivity index (χ4n) is 2.12. The van der Waals surface area contributed by atoms with Crippen LogP contribution in [0.1, 0.15) is 28.9 Å². The average Bonchev–Trinajstić information content (AvgIpc) is 2.86. The summed E-state index contributed by atoms with van der Waals surface area (Å²) in [4.78, 5) is 27.4. The lowest BCUT2D eigenvalue weighted by Crippen LogP contribution is -2.40. The second kappa shape index (κ2) is 5.10. The number of hydrogen-bond acceptors (Lipinski definition) is 3. The van der Waals surface area contributed by atoms with E-state index in [0.717, 1.165) is 17.2 Å². The topological polar surface area (TPSA) is 70.5 Å². The first-order valence-electron chi connectivity index (χ1n) is 5.87. The zero-order valence-corrected chi connectivity index (χ0v) is 10.2. The zero-order chi connectivity index (χ0) is 14.9. The van der Waals surface area contributed by atoms with Gasteiger partial charge in [-0.25, -0.2) is 4.79 Å². The summed E-state index contributed by atoms with van der Waals surface area (Å²) < 4.78 is 37.1. The van der Waals surface area contributed by atoms with Crippen LogP contribution in [-0.2, 0) is 11.0 Å². The summed E-state index contributed by atoms with van der Waals surface area (Å²) in [6.45, 7) is 0.275. The molecule has 8 heteroatoms. The lowest BCUT2D eigenvalue weighted by molar-refractivity contribution is -0.142. The molecule has 108 valence electrons. The fourth-order valence-corrected chi connectivity index (χ4v) is 2.12. The summed E-state index contributed by atoms with van der Waals surface area (Å²) in [5.74, 6) is -1.73. The molecule has 0 spiro atoms. The predicted octanol–water partition coefficient (Wildman–Crippen LogP) is 1.79. The van der Waals surface area contributed by atoms with Crippen LogP contribution >= 0.6 is 0 Å². The lowest BCUT2D eigenvalue weighted by atomic mass is 10.2. The second-order valence-electron chi connectivity index (χ2n) is 4.42. The van der Waals surface area contributed by atoms with Crippen LogP contribution in [0.15, 0.2) is 18.3 Å². The molecule has 0 radical (unpaired) electrons. The van der Waals surface area contributed by atoms with Gasteiger partial charge in [0.2, 0.25) is 0 Å². The fraction of sp³-hybridized carbons (Fsp3) is 0.417. The monoisotopic (exact) mass is 288 g/mol. The molecule has 1 aliphatic heterocycles. The zero-order valence-electron chi connectivity index (χ0n) is 10.2. The number of carboxylic acid groups (broad SMARTS) is 1. The maximum Gasteiger partial charge on any atom is 0.433 e. The standard InChI is InChI=1S/C12H11F3N2O3/c13-12(14,15)9-4-3-7(6-16-9)10(18)17-5-1-2-8(17)11(19)20/h3-4,6,8H,1-2,5H2,(H,19,20). The van der Waals surface area contributed by atoms with Crippen LogP contribution in [0.4, 0.5) is 13.2 Å². The Morgan fingerprint density at radius 1 is 1.35 bits per heavy atom. The van der Waals surface area contributed by atoms with Crippen molar-refractivity contribution in [2.75, 3.05) is 6.54 Å². The molecule has 20 heavy (non-hydrogen) atoms. The number of aromatic nitrogens is 1. The van der Waals surface area contributed by atoms with E-state index >= 15 is 0 Å². The van der Waals surface area contributed by atoms with E-state index in [4.69, 9.17) is 5.11 Å². The summed E-state index contributed by atoms with van der Waals surface area (Å²) >= 11 is 0. The van der Waals surface area contributed by atoms with Crippen molar-refractivity contribution in [2.45, 2.75) is 25.1 Å². The third-order valence-electron chi connectivity index (χ3n) is 3.10. The van der Waals surface area contributed by atoms with Gasteiger partial charge in [-0.2, -0.15) is 13.2 Å². The number of hydrogen-bond donors (Lipinski definition) is 1. The van der Waals surface area contributed by atoms with E-state index in [2.05, 4.69) is 4.98 Å². The smallest absolute Gasteiger partial charge is 0.433 e. The molecule has 1 unspecified atom stereocenters. The third-order valence-corrected chi connectivity index (χ3v) is 3.10. The molecule has 0 aliphatic carbocycles. The third kappa shape index (κ3) is 2.73. The molecule has 5 nitrogen and oxygen atoms in total. The van der Waals surface area contributed by atoms with Gasteiger partial charge in [0.1, 0.15) is 11.7 Å². The number of rotatable bonds is 2. The number of carbonyl (C=O) groups is 2. The molecule has 1 aromatic heterocycles. The van der Waals surface area contributed by atoms with Crippen LogP contribution in [0.2, 0.25) is 0 Å². The first kappa shape index (κ1) is 14.3. The molecular formula is C12H11F3N2O3. The number of nitrogens with zero attached hydrogens (tertiary/aromatic N) is 2. The van der Waals surface area contributed by atoms with Crippen LogP contribution in [0.5, 0.6) is 0 Å². The van der Waals surface area contributed by atoms with E-state index in [1.807, 2.05) is 0 Å². The van der Waals surface area contributed by atoms with Crippen LogP contribution in [0.3, 0.4) is 0 Å². The highest BCUT2D eigenvalue weighted by molar-refractivity contribution is 5.96. The van der Waals surface area contributed by atoms with Crippen molar-refractivity contribution in [1.29, 1.82) is 0 Å². The van der Waals surface area contributed by atoms with Crippen LogP contribution in [0.25, 0.3) is 0 Å². The van der Waals surface area contributed by atoms with Gasteiger partial charge in [-0.3, -0.25) is 9.78 Å². The van der Waals surface area contributed by atoms with Gasteiger partial charge in [0.05, 0.1) is 5.56 Å². The molecule has 1 atom stereocenters. The van der Waals surface area contributed by atoms with E-state index in [1.165, 1.54) is 0 Å². The number of amides is 1. The van der Waals surface area contributed by atoms with Gasteiger partial charge in [-0.05, 0) is 25.0 Å². The summed E-state index contributed by atoms with van der Waals surface area (Å²) in [7, 11) is 0. The van der Waals surface area contributed by atoms with Gasteiger partial charge < -0.3 is 10.0 Å².